The van der Waals surface area contributed by atoms with Gasteiger partial charge in [0.2, 0.25) is 5.76 Å². The van der Waals surface area contributed by atoms with Crippen molar-refractivity contribution < 1.29 is 32.9 Å². The number of carbonyl (C=O) groups excluding carboxylic acids is 2. The van der Waals surface area contributed by atoms with Crippen LogP contribution in [0, 0.1) is 5.82 Å². The molecule has 0 saturated carbocycles. The highest BCUT2D eigenvalue weighted by Crippen LogP contribution is 2.34. The van der Waals surface area contributed by atoms with E-state index in [0.717, 1.165) is 11.3 Å². The second-order valence-electron chi connectivity index (χ2n) is 5.02. The first-order valence-corrected chi connectivity index (χ1v) is 8.42. The van der Waals surface area contributed by atoms with E-state index in [1.807, 2.05) is 0 Å². The standard InChI is InChI=1S/C17H15FO6S/c1-2-22-17(20)15-10(14-11(18)4-3-5-13(14)25-15)8-24-16(19)12-9-21-6-7-23-12/h3-5,9H,2,6-8H2,1H3. The average molecular weight is 366 g/mol. The summed E-state index contributed by atoms with van der Waals surface area (Å²) in [5, 5.41) is 0.248. The molecule has 0 unspecified atom stereocenters. The Kier molecular flexibility index (Phi) is 5.18. The van der Waals surface area contributed by atoms with Gasteiger partial charge in [-0.05, 0) is 19.1 Å². The average Bonchev–Trinajstić information content (AvgIpc) is 3.01. The summed E-state index contributed by atoms with van der Waals surface area (Å²) in [5.41, 5.74) is 0.280. The van der Waals surface area contributed by atoms with Crippen molar-refractivity contribution in [2.24, 2.45) is 0 Å². The predicted octanol–water partition coefficient (Wildman–Crippen LogP) is 3.15. The van der Waals surface area contributed by atoms with E-state index in [4.69, 9.17) is 18.9 Å². The van der Waals surface area contributed by atoms with Crippen LogP contribution in [0.25, 0.3) is 10.1 Å². The van der Waals surface area contributed by atoms with Crippen LogP contribution in [0.1, 0.15) is 22.2 Å². The lowest BCUT2D eigenvalue weighted by molar-refractivity contribution is -0.145. The highest BCUT2D eigenvalue weighted by atomic mass is 32.1. The summed E-state index contributed by atoms with van der Waals surface area (Å²) in [4.78, 5) is 24.4. The topological polar surface area (TPSA) is 71.1 Å². The van der Waals surface area contributed by atoms with Gasteiger partial charge < -0.3 is 18.9 Å². The minimum atomic E-state index is -0.745. The third-order valence-corrected chi connectivity index (χ3v) is 4.60. The molecule has 6 nitrogen and oxygen atoms in total. The van der Waals surface area contributed by atoms with Crippen molar-refractivity contribution in [3.05, 3.63) is 46.5 Å². The van der Waals surface area contributed by atoms with Gasteiger partial charge in [-0.2, -0.15) is 0 Å². The predicted molar refractivity (Wildman–Crippen MR) is 87.5 cm³/mol. The lowest BCUT2D eigenvalue weighted by atomic mass is 10.1. The number of hydrogen-bond donors (Lipinski definition) is 0. The smallest absolute Gasteiger partial charge is 0.377 e. The molecule has 1 aromatic heterocycles. The molecule has 1 aliphatic rings. The maximum atomic E-state index is 14.2. The van der Waals surface area contributed by atoms with Crippen LogP contribution in [0.2, 0.25) is 0 Å². The van der Waals surface area contributed by atoms with Crippen molar-refractivity contribution in [3.63, 3.8) is 0 Å². The number of halogens is 1. The number of carbonyl (C=O) groups is 2. The van der Waals surface area contributed by atoms with Crippen molar-refractivity contribution in [1.29, 1.82) is 0 Å². The Morgan fingerprint density at radius 2 is 2.08 bits per heavy atom. The normalized spacial score (nSPS) is 13.6. The van der Waals surface area contributed by atoms with Crippen LogP contribution < -0.4 is 0 Å². The van der Waals surface area contributed by atoms with E-state index in [0.29, 0.717) is 11.3 Å². The summed E-state index contributed by atoms with van der Waals surface area (Å²) in [6.45, 7) is 2.18. The summed E-state index contributed by atoms with van der Waals surface area (Å²) < 4.78 is 35.2. The molecule has 0 aliphatic carbocycles. The van der Waals surface area contributed by atoms with E-state index in [9.17, 15) is 14.0 Å². The number of ether oxygens (including phenoxy) is 4. The van der Waals surface area contributed by atoms with Crippen LogP contribution >= 0.6 is 11.3 Å². The van der Waals surface area contributed by atoms with Crippen molar-refractivity contribution in [2.75, 3.05) is 19.8 Å². The van der Waals surface area contributed by atoms with Crippen molar-refractivity contribution in [1.82, 2.24) is 0 Å². The van der Waals surface area contributed by atoms with Crippen molar-refractivity contribution in [2.45, 2.75) is 13.5 Å². The van der Waals surface area contributed by atoms with Crippen LogP contribution in [-0.4, -0.2) is 31.8 Å². The van der Waals surface area contributed by atoms with Gasteiger partial charge in [-0.3, -0.25) is 0 Å². The highest BCUT2D eigenvalue weighted by Gasteiger charge is 2.24. The van der Waals surface area contributed by atoms with Crippen molar-refractivity contribution in [3.8, 4) is 0 Å². The van der Waals surface area contributed by atoms with Gasteiger partial charge in [0.15, 0.2) is 0 Å². The highest BCUT2D eigenvalue weighted by molar-refractivity contribution is 7.21. The minimum absolute atomic E-state index is 0.0658. The molecule has 2 heterocycles. The molecule has 1 aromatic carbocycles. The molecule has 132 valence electrons. The fourth-order valence-electron chi connectivity index (χ4n) is 2.35. The Morgan fingerprint density at radius 3 is 2.80 bits per heavy atom. The molecule has 1 aliphatic heterocycles. The molecule has 0 radical (unpaired) electrons. The molecule has 2 aromatic rings. The number of rotatable bonds is 5. The largest absolute Gasteiger partial charge is 0.493 e. The lowest BCUT2D eigenvalue weighted by Crippen LogP contribution is -2.17. The van der Waals surface area contributed by atoms with Gasteiger partial charge in [-0.25, -0.2) is 14.0 Å². The minimum Gasteiger partial charge on any atom is -0.493 e. The summed E-state index contributed by atoms with van der Waals surface area (Å²) >= 11 is 1.10. The molecule has 0 spiro atoms. The SMILES string of the molecule is CCOC(=O)c1sc2cccc(F)c2c1COC(=O)C1=COCCO1. The van der Waals surface area contributed by atoms with Gasteiger partial charge in [0.25, 0.3) is 0 Å². The number of esters is 2. The zero-order valence-corrected chi connectivity index (χ0v) is 14.2. The van der Waals surface area contributed by atoms with E-state index < -0.39 is 17.8 Å². The maximum absolute atomic E-state index is 14.2. The number of hydrogen-bond acceptors (Lipinski definition) is 7. The zero-order valence-electron chi connectivity index (χ0n) is 13.4. The molecular formula is C17H15FO6S. The zero-order chi connectivity index (χ0) is 17.8. The molecule has 0 bridgehead atoms. The van der Waals surface area contributed by atoms with E-state index in [1.54, 1.807) is 19.1 Å². The molecule has 0 N–H and O–H groups in total. The second-order valence-corrected chi connectivity index (χ2v) is 6.07. The van der Waals surface area contributed by atoms with Crippen LogP contribution in [-0.2, 0) is 30.3 Å². The van der Waals surface area contributed by atoms with Crippen LogP contribution in [0.15, 0.2) is 30.2 Å². The Bertz CT molecular complexity index is 841. The fraction of sp³-hybridized carbons (Fsp3) is 0.294. The summed E-state index contributed by atoms with van der Waals surface area (Å²) in [7, 11) is 0. The third-order valence-electron chi connectivity index (χ3n) is 3.42. The van der Waals surface area contributed by atoms with Crippen molar-refractivity contribution >= 4 is 33.4 Å². The molecule has 0 amide bonds. The van der Waals surface area contributed by atoms with Gasteiger partial charge in [-0.15, -0.1) is 11.3 Å². The van der Waals surface area contributed by atoms with Crippen LogP contribution in [0.5, 0.6) is 0 Å². The second kappa shape index (κ2) is 7.52. The molecular weight excluding hydrogens is 351 g/mol. The van der Waals surface area contributed by atoms with Gasteiger partial charge in [0.05, 0.1) is 6.61 Å². The van der Waals surface area contributed by atoms with Gasteiger partial charge in [0, 0.05) is 15.6 Å². The molecule has 8 heteroatoms. The Labute approximate surface area is 146 Å². The Morgan fingerprint density at radius 1 is 1.24 bits per heavy atom. The number of thiophene rings is 1. The first kappa shape index (κ1) is 17.2. The molecule has 25 heavy (non-hydrogen) atoms. The quantitative estimate of drug-likeness (QED) is 0.757. The van der Waals surface area contributed by atoms with Crippen LogP contribution in [0.3, 0.4) is 0 Å². The molecule has 3 rings (SSSR count). The van der Waals surface area contributed by atoms with E-state index in [-0.39, 0.29) is 41.4 Å². The van der Waals surface area contributed by atoms with E-state index in [2.05, 4.69) is 0 Å². The van der Waals surface area contributed by atoms with Crippen LogP contribution in [0.4, 0.5) is 4.39 Å². The first-order valence-electron chi connectivity index (χ1n) is 7.60. The summed E-state index contributed by atoms with van der Waals surface area (Å²) in [6.07, 6.45) is 1.17. The first-order chi connectivity index (χ1) is 12.1. The number of benzene rings is 1. The lowest BCUT2D eigenvalue weighted by Gasteiger charge is -2.14. The maximum Gasteiger partial charge on any atom is 0.377 e. The Balaban J connectivity index is 1.90. The van der Waals surface area contributed by atoms with Gasteiger partial charge in [-0.1, -0.05) is 6.07 Å². The van der Waals surface area contributed by atoms with Gasteiger partial charge >= 0.3 is 11.9 Å². The van der Waals surface area contributed by atoms with E-state index >= 15 is 0 Å². The van der Waals surface area contributed by atoms with E-state index in [1.165, 1.54) is 12.3 Å². The molecule has 0 fully saturated rings. The molecule has 0 saturated heterocycles. The monoisotopic (exact) mass is 366 g/mol. The Hall–Kier alpha value is -2.61. The van der Waals surface area contributed by atoms with Gasteiger partial charge in [0.1, 0.15) is 36.8 Å². The number of fused-ring (bicyclic) bond motifs is 1. The fourth-order valence-corrected chi connectivity index (χ4v) is 3.47. The summed E-state index contributed by atoms with van der Waals surface area (Å²) in [6, 6.07) is 4.53. The molecule has 0 atom stereocenters. The third kappa shape index (κ3) is 3.58. The summed E-state index contributed by atoms with van der Waals surface area (Å²) in [5.74, 6) is -1.88.